The lowest BCUT2D eigenvalue weighted by Gasteiger charge is -2.39. The topological polar surface area (TPSA) is 68.0 Å². The molecule has 0 aliphatic heterocycles. The van der Waals surface area contributed by atoms with Crippen molar-refractivity contribution < 1.29 is 9.90 Å². The molecule has 0 saturated carbocycles. The zero-order valence-electron chi connectivity index (χ0n) is 18.4. The summed E-state index contributed by atoms with van der Waals surface area (Å²) >= 11 is 0. The summed E-state index contributed by atoms with van der Waals surface area (Å²) in [4.78, 5) is 21.2. The van der Waals surface area contributed by atoms with E-state index in [1.807, 2.05) is 18.3 Å². The summed E-state index contributed by atoms with van der Waals surface area (Å²) in [5.74, 6) is -0.914. The van der Waals surface area contributed by atoms with Crippen molar-refractivity contribution in [2.45, 2.75) is 64.8 Å². The van der Waals surface area contributed by atoms with Crippen LogP contribution in [0, 0.1) is 0 Å². The van der Waals surface area contributed by atoms with E-state index in [0.29, 0.717) is 5.56 Å². The summed E-state index contributed by atoms with van der Waals surface area (Å²) in [7, 11) is 0. The second-order valence-corrected chi connectivity index (χ2v) is 9.45. The van der Waals surface area contributed by atoms with Crippen LogP contribution in [-0.2, 0) is 17.4 Å². The number of aromatic carboxylic acids is 1. The fraction of sp³-hybridized carbons (Fsp3) is 0.400. The lowest BCUT2D eigenvalue weighted by Crippen LogP contribution is -2.36. The van der Waals surface area contributed by atoms with Crippen LogP contribution in [0.15, 0.2) is 42.6 Å². The minimum Gasteiger partial charge on any atom is -0.478 e. The van der Waals surface area contributed by atoms with Gasteiger partial charge in [0.1, 0.15) is 5.69 Å². The number of fused-ring (bicyclic) bond motifs is 1. The van der Waals surface area contributed by atoms with E-state index in [2.05, 4.69) is 51.3 Å². The summed E-state index contributed by atoms with van der Waals surface area (Å²) in [6.45, 7) is 11.9. The van der Waals surface area contributed by atoms with Gasteiger partial charge in [-0.2, -0.15) is 0 Å². The van der Waals surface area contributed by atoms with Gasteiger partial charge in [-0.3, -0.25) is 4.98 Å². The smallest absolute Gasteiger partial charge is 0.335 e. The van der Waals surface area contributed by atoms with E-state index in [0.717, 1.165) is 53.4 Å². The summed E-state index contributed by atoms with van der Waals surface area (Å²) in [5, 5.41) is 9.16. The van der Waals surface area contributed by atoms with Crippen LogP contribution in [0.4, 0.5) is 0 Å². The van der Waals surface area contributed by atoms with Crippen LogP contribution in [0.3, 0.4) is 0 Å². The minimum atomic E-state index is -0.914. The highest BCUT2D eigenvalue weighted by atomic mass is 16.4. The summed E-state index contributed by atoms with van der Waals surface area (Å²) in [5.41, 5.74) is 6.50. The van der Waals surface area contributed by atoms with Gasteiger partial charge in [-0.1, -0.05) is 39.8 Å². The van der Waals surface area contributed by atoms with Crippen molar-refractivity contribution in [1.29, 1.82) is 0 Å². The number of carbonyl (C=O) groups is 1. The molecule has 0 radical (unpaired) electrons. The number of carboxylic acids is 1. The summed E-state index contributed by atoms with van der Waals surface area (Å²) < 4.78 is 2.22. The zero-order chi connectivity index (χ0) is 21.7. The van der Waals surface area contributed by atoms with Crippen molar-refractivity contribution in [2.24, 2.45) is 0 Å². The van der Waals surface area contributed by atoms with Gasteiger partial charge >= 0.3 is 5.97 Å². The third-order valence-corrected chi connectivity index (χ3v) is 6.42. The fourth-order valence-electron chi connectivity index (χ4n) is 4.41. The van der Waals surface area contributed by atoms with Crippen LogP contribution >= 0.6 is 0 Å². The number of aromatic nitrogens is 3. The Balaban J connectivity index is 1.80. The first-order valence-electron chi connectivity index (χ1n) is 10.6. The molecule has 1 aromatic carbocycles. The van der Waals surface area contributed by atoms with Crippen LogP contribution < -0.4 is 0 Å². The van der Waals surface area contributed by atoms with Gasteiger partial charge in [-0.25, -0.2) is 9.78 Å². The molecule has 156 valence electrons. The number of hydrogen-bond acceptors (Lipinski definition) is 3. The van der Waals surface area contributed by atoms with E-state index >= 15 is 0 Å². The molecule has 0 fully saturated rings. The maximum absolute atomic E-state index is 11.2. The van der Waals surface area contributed by atoms with E-state index in [1.54, 1.807) is 12.1 Å². The molecule has 0 bridgehead atoms. The molecule has 0 saturated heterocycles. The molecule has 1 N–H and O–H groups in total. The number of rotatable bonds is 4. The summed E-state index contributed by atoms with van der Waals surface area (Å²) in [6, 6.07) is 11.2. The molecule has 0 spiro atoms. The predicted molar refractivity (Wildman–Crippen MR) is 119 cm³/mol. The third kappa shape index (κ3) is 3.32. The standard InChI is InChI=1S/C25H29N3O2/c1-6-28-19(16-7-9-17(10-8-16)23(29)30)11-12-20(28)18-15-26-21-22(27-18)25(4,5)14-13-24(21,2)3/h7-12,15H,6,13-14H2,1-5H3,(H,29,30). The van der Waals surface area contributed by atoms with E-state index in [9.17, 15) is 4.79 Å². The molecule has 1 aliphatic rings. The highest BCUT2D eigenvalue weighted by Gasteiger charge is 2.39. The van der Waals surface area contributed by atoms with E-state index in [1.165, 1.54) is 0 Å². The van der Waals surface area contributed by atoms with Crippen molar-refractivity contribution in [1.82, 2.24) is 14.5 Å². The Kier molecular flexibility index (Phi) is 4.80. The van der Waals surface area contributed by atoms with Gasteiger partial charge in [-0.05, 0) is 49.6 Å². The molecule has 0 unspecified atom stereocenters. The quantitative estimate of drug-likeness (QED) is 0.608. The molecule has 0 amide bonds. The monoisotopic (exact) mass is 403 g/mol. The Bertz CT molecular complexity index is 1110. The lowest BCUT2D eigenvalue weighted by atomic mass is 9.67. The molecule has 2 aromatic heterocycles. The predicted octanol–water partition coefficient (Wildman–Crippen LogP) is 5.68. The van der Waals surface area contributed by atoms with Crippen LogP contribution in [-0.4, -0.2) is 25.6 Å². The molecule has 3 aromatic rings. The normalized spacial score (nSPS) is 16.8. The molecule has 30 heavy (non-hydrogen) atoms. The van der Waals surface area contributed by atoms with Gasteiger partial charge in [-0.15, -0.1) is 0 Å². The SMILES string of the molecule is CCn1c(-c2ccc(C(=O)O)cc2)ccc1-c1cnc2c(n1)C(C)(C)CCC2(C)C. The molecule has 2 heterocycles. The van der Waals surface area contributed by atoms with Gasteiger partial charge in [0.15, 0.2) is 0 Å². The van der Waals surface area contributed by atoms with Gasteiger partial charge in [0, 0.05) is 23.1 Å². The minimum absolute atomic E-state index is 0.00694. The Hall–Kier alpha value is -2.95. The highest BCUT2D eigenvalue weighted by molar-refractivity contribution is 5.88. The fourth-order valence-corrected chi connectivity index (χ4v) is 4.41. The molecule has 5 nitrogen and oxygen atoms in total. The maximum Gasteiger partial charge on any atom is 0.335 e. The number of benzene rings is 1. The largest absolute Gasteiger partial charge is 0.478 e. The first kappa shape index (κ1) is 20.3. The molecule has 4 rings (SSSR count). The molecular weight excluding hydrogens is 374 g/mol. The van der Waals surface area contributed by atoms with Gasteiger partial charge < -0.3 is 9.67 Å². The molecular formula is C25H29N3O2. The lowest BCUT2D eigenvalue weighted by molar-refractivity contribution is 0.0697. The van der Waals surface area contributed by atoms with Crippen molar-refractivity contribution in [3.05, 3.63) is 59.5 Å². The average molecular weight is 404 g/mol. The van der Waals surface area contributed by atoms with Gasteiger partial charge in [0.05, 0.1) is 28.8 Å². The summed E-state index contributed by atoms with van der Waals surface area (Å²) in [6.07, 6.45) is 4.12. The van der Waals surface area contributed by atoms with E-state index in [4.69, 9.17) is 15.1 Å². The van der Waals surface area contributed by atoms with Crippen molar-refractivity contribution in [3.8, 4) is 22.6 Å². The van der Waals surface area contributed by atoms with Crippen molar-refractivity contribution in [3.63, 3.8) is 0 Å². The Labute approximate surface area is 177 Å². The number of hydrogen-bond donors (Lipinski definition) is 1. The van der Waals surface area contributed by atoms with Gasteiger partial charge in [0.2, 0.25) is 0 Å². The van der Waals surface area contributed by atoms with Crippen LogP contribution in [0.5, 0.6) is 0 Å². The van der Waals surface area contributed by atoms with E-state index in [-0.39, 0.29) is 10.8 Å². The second-order valence-electron chi connectivity index (χ2n) is 9.45. The van der Waals surface area contributed by atoms with E-state index < -0.39 is 5.97 Å². The highest BCUT2D eigenvalue weighted by Crippen LogP contribution is 2.44. The van der Waals surface area contributed by atoms with Crippen LogP contribution in [0.25, 0.3) is 22.6 Å². The Morgan fingerprint density at radius 3 is 2.17 bits per heavy atom. The van der Waals surface area contributed by atoms with Crippen molar-refractivity contribution in [2.75, 3.05) is 0 Å². The molecule has 0 atom stereocenters. The first-order valence-corrected chi connectivity index (χ1v) is 10.6. The maximum atomic E-state index is 11.2. The molecule has 5 heteroatoms. The average Bonchev–Trinajstić information content (AvgIpc) is 3.15. The zero-order valence-corrected chi connectivity index (χ0v) is 18.4. The van der Waals surface area contributed by atoms with Crippen LogP contribution in [0.2, 0.25) is 0 Å². The first-order chi connectivity index (χ1) is 14.1. The Morgan fingerprint density at radius 2 is 1.57 bits per heavy atom. The number of carboxylic acid groups (broad SMARTS) is 1. The third-order valence-electron chi connectivity index (χ3n) is 6.42. The second kappa shape index (κ2) is 7.08. The Morgan fingerprint density at radius 1 is 0.967 bits per heavy atom. The number of nitrogens with zero attached hydrogens (tertiary/aromatic N) is 3. The van der Waals surface area contributed by atoms with Crippen molar-refractivity contribution >= 4 is 5.97 Å². The molecule has 1 aliphatic carbocycles. The van der Waals surface area contributed by atoms with Gasteiger partial charge in [0.25, 0.3) is 0 Å². The van der Waals surface area contributed by atoms with Crippen LogP contribution in [0.1, 0.15) is 69.2 Å².